The van der Waals surface area contributed by atoms with E-state index < -0.39 is 0 Å². The quantitative estimate of drug-likeness (QED) is 0.370. The maximum absolute atomic E-state index is 2.47. The first-order valence-electron chi connectivity index (χ1n) is 6.04. The molecule has 92 valence electrons. The van der Waals surface area contributed by atoms with Gasteiger partial charge in [-0.1, -0.05) is 101 Å². The van der Waals surface area contributed by atoms with Gasteiger partial charge >= 0.3 is 0 Å². The van der Waals surface area contributed by atoms with Crippen molar-refractivity contribution < 1.29 is 0 Å². The monoisotopic (exact) mass is 460 g/mol. The molecule has 0 spiro atoms. The zero-order valence-corrected chi connectivity index (χ0v) is 14.7. The average Bonchev–Trinajstić information content (AvgIpc) is 2.59. The predicted molar refractivity (Wildman–Crippen MR) is 94.8 cm³/mol. The van der Waals surface area contributed by atoms with E-state index in [0.717, 1.165) is 0 Å². The van der Waals surface area contributed by atoms with Crippen LogP contribution in [-0.2, 0) is 5.41 Å². The van der Waals surface area contributed by atoms with Crippen molar-refractivity contribution >= 4 is 45.2 Å². The standard InChI is InChI=1S/C16H14I2/c1-16(2)13-6-4-3-5-11(13)12-8-7-10(15(17)18)9-14(12)16/h3-9,15H,1-2H3. The van der Waals surface area contributed by atoms with Gasteiger partial charge in [0.2, 0.25) is 0 Å². The third-order valence-electron chi connectivity index (χ3n) is 3.86. The molecule has 0 N–H and O–H groups in total. The Kier molecular flexibility index (Phi) is 3.21. The molecule has 18 heavy (non-hydrogen) atoms. The molecule has 0 nitrogen and oxygen atoms in total. The zero-order valence-electron chi connectivity index (χ0n) is 10.4. The van der Waals surface area contributed by atoms with Crippen molar-refractivity contribution in [2.24, 2.45) is 0 Å². The van der Waals surface area contributed by atoms with Gasteiger partial charge in [0.05, 0.1) is 1.93 Å². The van der Waals surface area contributed by atoms with E-state index in [4.69, 9.17) is 0 Å². The van der Waals surface area contributed by atoms with E-state index in [-0.39, 0.29) is 5.41 Å². The Labute approximate surface area is 135 Å². The molecule has 0 aliphatic heterocycles. The van der Waals surface area contributed by atoms with Gasteiger partial charge in [0.15, 0.2) is 0 Å². The highest BCUT2D eigenvalue weighted by Crippen LogP contribution is 2.49. The third kappa shape index (κ3) is 1.83. The van der Waals surface area contributed by atoms with Gasteiger partial charge in [0.1, 0.15) is 0 Å². The van der Waals surface area contributed by atoms with Crippen molar-refractivity contribution in [3.63, 3.8) is 0 Å². The number of benzene rings is 2. The summed E-state index contributed by atoms with van der Waals surface area (Å²) < 4.78 is 0.532. The molecule has 0 saturated carbocycles. The molecule has 0 atom stereocenters. The SMILES string of the molecule is CC1(C)c2ccccc2-c2ccc(C(I)I)cc21. The molecule has 0 aromatic heterocycles. The second-order valence-corrected chi connectivity index (χ2v) is 10.2. The van der Waals surface area contributed by atoms with Gasteiger partial charge in [0.25, 0.3) is 0 Å². The Morgan fingerprint density at radius 1 is 0.889 bits per heavy atom. The molecular formula is C16H14I2. The molecule has 0 fully saturated rings. The lowest BCUT2D eigenvalue weighted by molar-refractivity contribution is 0.660. The lowest BCUT2D eigenvalue weighted by Crippen LogP contribution is -2.15. The molecular weight excluding hydrogens is 446 g/mol. The van der Waals surface area contributed by atoms with Gasteiger partial charge in [-0.05, 0) is 27.8 Å². The number of hydrogen-bond donors (Lipinski definition) is 0. The number of rotatable bonds is 1. The van der Waals surface area contributed by atoms with Crippen LogP contribution in [0.4, 0.5) is 0 Å². The fraction of sp³-hybridized carbons (Fsp3) is 0.250. The van der Waals surface area contributed by atoms with Gasteiger partial charge < -0.3 is 0 Å². The topological polar surface area (TPSA) is 0 Å². The first-order chi connectivity index (χ1) is 8.51. The summed E-state index contributed by atoms with van der Waals surface area (Å²) in [7, 11) is 0. The van der Waals surface area contributed by atoms with Crippen LogP contribution >= 0.6 is 45.2 Å². The molecule has 0 unspecified atom stereocenters. The van der Waals surface area contributed by atoms with Crippen molar-refractivity contribution in [3.05, 3.63) is 59.2 Å². The van der Waals surface area contributed by atoms with Crippen LogP contribution in [0.15, 0.2) is 42.5 Å². The van der Waals surface area contributed by atoms with Crippen LogP contribution in [0.5, 0.6) is 0 Å². The summed E-state index contributed by atoms with van der Waals surface area (Å²) in [6, 6.07) is 15.7. The van der Waals surface area contributed by atoms with E-state index in [9.17, 15) is 0 Å². The molecule has 1 aliphatic rings. The van der Waals surface area contributed by atoms with Crippen LogP contribution < -0.4 is 0 Å². The van der Waals surface area contributed by atoms with Crippen LogP contribution in [0.3, 0.4) is 0 Å². The molecule has 0 bridgehead atoms. The summed E-state index contributed by atoms with van der Waals surface area (Å²) in [5.41, 5.74) is 7.28. The fourth-order valence-electron chi connectivity index (χ4n) is 2.86. The maximum Gasteiger partial charge on any atom is 0.0875 e. The van der Waals surface area contributed by atoms with E-state index in [0.29, 0.717) is 1.93 Å². The lowest BCUT2D eigenvalue weighted by Gasteiger charge is -2.22. The summed E-state index contributed by atoms with van der Waals surface area (Å²) in [6.07, 6.45) is 0. The molecule has 0 heterocycles. The third-order valence-corrected chi connectivity index (χ3v) is 5.30. The minimum Gasteiger partial charge on any atom is -0.0657 e. The highest BCUT2D eigenvalue weighted by Gasteiger charge is 2.35. The van der Waals surface area contributed by atoms with Crippen molar-refractivity contribution in [1.82, 2.24) is 0 Å². The van der Waals surface area contributed by atoms with Gasteiger partial charge in [-0.2, -0.15) is 0 Å². The predicted octanol–water partition coefficient (Wildman–Crippen LogP) is 5.86. The van der Waals surface area contributed by atoms with Crippen LogP contribution in [0.25, 0.3) is 11.1 Å². The molecule has 3 rings (SSSR count). The molecule has 0 saturated heterocycles. The summed E-state index contributed by atoms with van der Waals surface area (Å²) in [5, 5.41) is 0. The Morgan fingerprint density at radius 3 is 2.28 bits per heavy atom. The van der Waals surface area contributed by atoms with Gasteiger partial charge in [0, 0.05) is 5.41 Å². The minimum absolute atomic E-state index is 0.129. The smallest absolute Gasteiger partial charge is 0.0657 e. The van der Waals surface area contributed by atoms with E-state index in [1.165, 1.54) is 27.8 Å². The van der Waals surface area contributed by atoms with Crippen molar-refractivity contribution in [3.8, 4) is 11.1 Å². The first kappa shape index (κ1) is 12.9. The van der Waals surface area contributed by atoms with Crippen LogP contribution in [-0.4, -0.2) is 0 Å². The summed E-state index contributed by atoms with van der Waals surface area (Å²) in [5.74, 6) is 0. The highest BCUT2D eigenvalue weighted by molar-refractivity contribution is 14.2. The van der Waals surface area contributed by atoms with Crippen LogP contribution in [0.2, 0.25) is 0 Å². The van der Waals surface area contributed by atoms with Gasteiger partial charge in [-0.25, -0.2) is 0 Å². The van der Waals surface area contributed by atoms with E-state index >= 15 is 0 Å². The van der Waals surface area contributed by atoms with E-state index in [2.05, 4.69) is 101 Å². The van der Waals surface area contributed by atoms with Crippen LogP contribution in [0.1, 0.15) is 32.5 Å². The van der Waals surface area contributed by atoms with Crippen molar-refractivity contribution in [2.75, 3.05) is 0 Å². The Morgan fingerprint density at radius 2 is 1.56 bits per heavy atom. The van der Waals surface area contributed by atoms with E-state index in [1.54, 1.807) is 0 Å². The molecule has 1 aliphatic carbocycles. The fourth-order valence-corrected chi connectivity index (χ4v) is 3.63. The van der Waals surface area contributed by atoms with Gasteiger partial charge in [-0.3, -0.25) is 0 Å². The molecule has 2 heteroatoms. The Hall–Kier alpha value is -0.1000. The second-order valence-electron chi connectivity index (χ2n) is 5.28. The average molecular weight is 460 g/mol. The minimum atomic E-state index is 0.129. The summed E-state index contributed by atoms with van der Waals surface area (Å²) >= 11 is 4.94. The normalized spacial score (nSPS) is 15.6. The van der Waals surface area contributed by atoms with Crippen molar-refractivity contribution in [2.45, 2.75) is 21.2 Å². The number of halogens is 2. The van der Waals surface area contributed by atoms with Gasteiger partial charge in [-0.15, -0.1) is 0 Å². The molecule has 0 radical (unpaired) electrons. The maximum atomic E-state index is 2.47. The highest BCUT2D eigenvalue weighted by atomic mass is 127. The van der Waals surface area contributed by atoms with Crippen LogP contribution in [0, 0.1) is 0 Å². The Balaban J connectivity index is 2.28. The van der Waals surface area contributed by atoms with E-state index in [1.807, 2.05) is 0 Å². The summed E-state index contributed by atoms with van der Waals surface area (Å²) in [4.78, 5) is 0. The summed E-state index contributed by atoms with van der Waals surface area (Å²) in [6.45, 7) is 4.66. The number of fused-ring (bicyclic) bond motifs is 3. The number of alkyl halides is 2. The first-order valence-corrected chi connectivity index (χ1v) is 8.53. The number of hydrogen-bond acceptors (Lipinski definition) is 0. The second kappa shape index (κ2) is 4.47. The lowest BCUT2D eigenvalue weighted by atomic mass is 9.82. The Bertz CT molecular complexity index is 612. The molecule has 0 amide bonds. The molecule has 2 aromatic carbocycles. The largest absolute Gasteiger partial charge is 0.0875 e. The zero-order chi connectivity index (χ0) is 12.9. The molecule has 2 aromatic rings. The van der Waals surface area contributed by atoms with Crippen molar-refractivity contribution in [1.29, 1.82) is 0 Å².